The van der Waals surface area contributed by atoms with Gasteiger partial charge >= 0.3 is 5.97 Å². The second-order valence-electron chi connectivity index (χ2n) is 17.4. The molecule has 2 saturated heterocycles. The molecule has 0 radical (unpaired) electrons. The Morgan fingerprint density at radius 3 is 2.20 bits per heavy atom. The van der Waals surface area contributed by atoms with Crippen molar-refractivity contribution in [1.82, 2.24) is 4.90 Å². The van der Waals surface area contributed by atoms with Gasteiger partial charge < -0.3 is 54.1 Å². The zero-order chi connectivity index (χ0) is 43.9. The molecule has 334 valence electrons. The van der Waals surface area contributed by atoms with E-state index < -0.39 is 120 Å². The van der Waals surface area contributed by atoms with Crippen LogP contribution in [0.2, 0.25) is 0 Å². The number of hydrogen-bond acceptors (Lipinski definition) is 14. The van der Waals surface area contributed by atoms with Gasteiger partial charge in [-0.3, -0.25) is 14.4 Å². The van der Waals surface area contributed by atoms with E-state index in [1.165, 1.54) is 33.5 Å². The summed E-state index contributed by atoms with van der Waals surface area (Å²) >= 11 is 0. The van der Waals surface area contributed by atoms with Crippen molar-refractivity contribution in [2.45, 2.75) is 159 Å². The fourth-order valence-electron chi connectivity index (χ4n) is 9.35. The molecule has 0 aromatic heterocycles. The topological polar surface area (TPSA) is 219 Å². The molecule has 3 aliphatic heterocycles. The molecule has 0 aromatic rings. The average Bonchev–Trinajstić information content (AvgIpc) is 3.23. The first-order valence-corrected chi connectivity index (χ1v) is 21.1. The third-order valence-corrected chi connectivity index (χ3v) is 13.3. The minimum Gasteiger partial charge on any atom is -0.456 e. The first kappa shape index (κ1) is 48.8. The smallest absolute Gasteiger partial charge is 0.329 e. The van der Waals surface area contributed by atoms with Crippen molar-refractivity contribution < 1.29 is 68.4 Å². The van der Waals surface area contributed by atoms with Crippen LogP contribution in [-0.4, -0.2) is 149 Å². The van der Waals surface area contributed by atoms with Crippen LogP contribution in [0.15, 0.2) is 36.0 Å². The number of cyclic esters (lactones) is 1. The summed E-state index contributed by atoms with van der Waals surface area (Å²) in [5.74, 6) is -9.95. The zero-order valence-corrected chi connectivity index (χ0v) is 36.0. The number of ketones is 2. The quantitative estimate of drug-likeness (QED) is 0.142. The van der Waals surface area contributed by atoms with E-state index in [0.717, 1.165) is 4.90 Å². The minimum atomic E-state index is -2.61. The number of fused-ring (bicyclic) bond motifs is 3. The van der Waals surface area contributed by atoms with Crippen LogP contribution in [0.4, 0.5) is 0 Å². The first-order valence-electron chi connectivity index (χ1n) is 21.1. The Labute approximate surface area is 348 Å². The van der Waals surface area contributed by atoms with E-state index in [2.05, 4.69) is 6.58 Å². The Hall–Kier alpha value is -2.86. The number of ether oxygens (including phenoxy) is 5. The summed E-state index contributed by atoms with van der Waals surface area (Å²) in [7, 11) is 4.40. The summed E-state index contributed by atoms with van der Waals surface area (Å²) in [6, 6.07) is -1.21. The molecule has 5 N–H and O–H groups in total. The Morgan fingerprint density at radius 2 is 1.58 bits per heavy atom. The molecular formula is C44H69NO14. The molecule has 1 saturated carbocycles. The summed E-state index contributed by atoms with van der Waals surface area (Å²) < 4.78 is 29.5. The van der Waals surface area contributed by atoms with Crippen LogP contribution >= 0.6 is 0 Å². The summed E-state index contributed by atoms with van der Waals surface area (Å²) in [4.78, 5) is 57.9. The second kappa shape index (κ2) is 21.3. The number of esters is 1. The van der Waals surface area contributed by atoms with Gasteiger partial charge in [-0.2, -0.15) is 0 Å². The van der Waals surface area contributed by atoms with Crippen molar-refractivity contribution in [2.24, 2.45) is 29.6 Å². The SMILES string of the molecule is C=CC(O)C1/C=C(\C)C(O)C(C)CC(OC)C2OC(O)(C(=O)C(=O)N3CCCCC3C(=O)OC(C(C)=CC3CCC(O)C(OC)C3)C(C)C(O)CC1=O)C(C)CC2OC. The molecule has 15 nitrogen and oxygen atoms in total. The standard InChI is InChI=1S/C44H69NO14/c1-10-31(46)29-18-23(2)38(50)24(3)19-36(56-8)40-37(57-9)20-26(5)44(54,59-40)41(51)42(52)45-16-12-11-13-30(45)43(53)58-39(27(6)33(48)22-34(29)49)25(4)17-28-14-15-32(47)35(21-28)55-7/h10,17-18,24,26-33,35-40,46-48,50,54H,1,11-16,19-22H2,2-9H3/b23-18+,25-17?. The van der Waals surface area contributed by atoms with Gasteiger partial charge in [-0.25, -0.2) is 4.79 Å². The third kappa shape index (κ3) is 11.2. The Kier molecular flexibility index (Phi) is 17.6. The lowest BCUT2D eigenvalue weighted by molar-refractivity contribution is -0.302. The van der Waals surface area contributed by atoms with Gasteiger partial charge in [0.1, 0.15) is 24.0 Å². The maximum atomic E-state index is 14.3. The molecule has 1 aliphatic carbocycles. The van der Waals surface area contributed by atoms with Crippen molar-refractivity contribution in [3.05, 3.63) is 36.0 Å². The van der Waals surface area contributed by atoms with Crippen molar-refractivity contribution in [3.8, 4) is 0 Å². The molecule has 4 aliphatic rings. The molecule has 3 fully saturated rings. The van der Waals surface area contributed by atoms with E-state index in [1.54, 1.807) is 34.6 Å². The Morgan fingerprint density at radius 1 is 0.932 bits per heavy atom. The normalized spacial score (nSPS) is 41.8. The third-order valence-electron chi connectivity index (χ3n) is 13.3. The largest absolute Gasteiger partial charge is 0.456 e. The molecule has 4 rings (SSSR count). The number of Topliss-reactive ketones (excluding diaryl/α,β-unsaturated/α-hetero) is 2. The van der Waals surface area contributed by atoms with E-state index in [0.29, 0.717) is 43.3 Å². The fourth-order valence-corrected chi connectivity index (χ4v) is 9.35. The second-order valence-corrected chi connectivity index (χ2v) is 17.4. The first-order chi connectivity index (χ1) is 27.8. The van der Waals surface area contributed by atoms with Crippen LogP contribution in [0.3, 0.4) is 0 Å². The lowest BCUT2D eigenvalue weighted by Crippen LogP contribution is -2.64. The number of nitrogens with zero attached hydrogens (tertiary/aromatic N) is 1. The molecule has 59 heavy (non-hydrogen) atoms. The molecule has 16 unspecified atom stereocenters. The van der Waals surface area contributed by atoms with Crippen LogP contribution in [0.5, 0.6) is 0 Å². The van der Waals surface area contributed by atoms with Crippen LogP contribution in [0.1, 0.15) is 92.4 Å². The van der Waals surface area contributed by atoms with Crippen molar-refractivity contribution in [1.29, 1.82) is 0 Å². The van der Waals surface area contributed by atoms with E-state index in [4.69, 9.17) is 23.7 Å². The number of hydrogen-bond donors (Lipinski definition) is 5. The van der Waals surface area contributed by atoms with E-state index >= 15 is 0 Å². The maximum absolute atomic E-state index is 14.3. The van der Waals surface area contributed by atoms with Crippen LogP contribution in [0, 0.1) is 29.6 Å². The zero-order valence-electron chi connectivity index (χ0n) is 36.0. The number of rotatable bonds is 7. The van der Waals surface area contributed by atoms with Crippen LogP contribution in [0.25, 0.3) is 0 Å². The predicted octanol–water partition coefficient (Wildman–Crippen LogP) is 2.58. The molecule has 0 aromatic carbocycles. The summed E-state index contributed by atoms with van der Waals surface area (Å²) in [6.45, 7) is 12.0. The molecule has 1 amide bonds. The molecule has 2 bridgehead atoms. The minimum absolute atomic E-state index is 0.0311. The molecule has 16 atom stereocenters. The van der Waals surface area contributed by atoms with E-state index in [1.807, 2.05) is 6.08 Å². The highest BCUT2D eigenvalue weighted by Gasteiger charge is 2.57. The summed E-state index contributed by atoms with van der Waals surface area (Å²) in [5.41, 5.74) is 0.922. The van der Waals surface area contributed by atoms with E-state index in [-0.39, 0.29) is 31.7 Å². The van der Waals surface area contributed by atoms with Gasteiger partial charge in [0, 0.05) is 46.1 Å². The van der Waals surface area contributed by atoms with Gasteiger partial charge in [0.2, 0.25) is 5.79 Å². The van der Waals surface area contributed by atoms with Crippen molar-refractivity contribution in [2.75, 3.05) is 27.9 Å². The fraction of sp³-hybridized carbons (Fsp3) is 0.773. The molecule has 15 heteroatoms. The van der Waals surface area contributed by atoms with Gasteiger partial charge in [0.05, 0.1) is 48.6 Å². The molecular weight excluding hydrogens is 766 g/mol. The Bertz CT molecular complexity index is 1550. The summed E-state index contributed by atoms with van der Waals surface area (Å²) in [5, 5.41) is 56.7. The number of aliphatic hydroxyl groups is 5. The van der Waals surface area contributed by atoms with Crippen molar-refractivity contribution >= 4 is 23.4 Å². The predicted molar refractivity (Wildman–Crippen MR) is 215 cm³/mol. The highest BCUT2D eigenvalue weighted by Crippen LogP contribution is 2.39. The number of carbonyl (C=O) groups is 4. The van der Waals surface area contributed by atoms with Gasteiger partial charge in [-0.1, -0.05) is 39.0 Å². The number of methoxy groups -OCH3 is 3. The monoisotopic (exact) mass is 835 g/mol. The average molecular weight is 836 g/mol. The van der Waals surface area contributed by atoms with Gasteiger partial charge in [-0.05, 0) is 88.2 Å². The van der Waals surface area contributed by atoms with Crippen molar-refractivity contribution in [3.63, 3.8) is 0 Å². The van der Waals surface area contributed by atoms with Crippen LogP contribution in [-0.2, 0) is 42.9 Å². The van der Waals surface area contributed by atoms with Crippen LogP contribution < -0.4 is 0 Å². The van der Waals surface area contributed by atoms with Gasteiger partial charge in [0.25, 0.3) is 11.7 Å². The van der Waals surface area contributed by atoms with Gasteiger partial charge in [0.15, 0.2) is 0 Å². The molecule has 3 heterocycles. The number of allylic oxidation sites excluding steroid dienone is 1. The number of piperidine rings is 1. The lowest BCUT2D eigenvalue weighted by atomic mass is 9.81. The summed E-state index contributed by atoms with van der Waals surface area (Å²) in [6.07, 6.45) is -1.47. The lowest BCUT2D eigenvalue weighted by Gasteiger charge is -2.47. The molecule has 0 spiro atoms. The highest BCUT2D eigenvalue weighted by molar-refractivity contribution is 6.39. The Balaban J connectivity index is 1.82. The number of amides is 1. The number of aliphatic hydroxyl groups excluding tert-OH is 4. The highest BCUT2D eigenvalue weighted by atomic mass is 16.7. The van der Waals surface area contributed by atoms with E-state index in [9.17, 15) is 44.7 Å². The van der Waals surface area contributed by atoms with Gasteiger partial charge in [-0.15, -0.1) is 6.58 Å². The number of carbonyl (C=O) groups excluding carboxylic acids is 4. The maximum Gasteiger partial charge on any atom is 0.329 e.